The van der Waals surface area contributed by atoms with Crippen LogP contribution in [0, 0.1) is 12.7 Å². The van der Waals surface area contributed by atoms with Gasteiger partial charge in [-0.1, -0.05) is 5.16 Å². The molecule has 1 aromatic heterocycles. The smallest absolute Gasteiger partial charge is 0.258 e. The summed E-state index contributed by atoms with van der Waals surface area (Å²) in [6.07, 6.45) is 0. The normalized spacial score (nSPS) is 10.8. The quantitative estimate of drug-likeness (QED) is 0.749. The number of phenolic OH excluding ortho intramolecular Hbond substituents is 1. The molecule has 0 spiro atoms. The van der Waals surface area contributed by atoms with Gasteiger partial charge in [0.25, 0.3) is 5.89 Å². The molecule has 0 atom stereocenters. The lowest BCUT2D eigenvalue weighted by atomic mass is 10.1. The van der Waals surface area contributed by atoms with Crippen molar-refractivity contribution >= 4 is 15.9 Å². The highest BCUT2D eigenvalue weighted by molar-refractivity contribution is 9.10. The van der Waals surface area contributed by atoms with Crippen molar-refractivity contribution in [1.82, 2.24) is 10.1 Å². The van der Waals surface area contributed by atoms with Crippen LogP contribution in [-0.2, 0) is 0 Å². The van der Waals surface area contributed by atoms with Gasteiger partial charge in [-0.05, 0) is 64.8 Å². The lowest BCUT2D eigenvalue weighted by Gasteiger charge is -2.00. The standard InChI is InChI=1S/C15H10BrFN2O2/c1-8-6-9(2-5-13(8)20)15-18-14(19-21-15)11-4-3-10(17)7-12(11)16/h2-7,20H,1H3. The van der Waals surface area contributed by atoms with E-state index in [1.54, 1.807) is 31.2 Å². The highest BCUT2D eigenvalue weighted by Crippen LogP contribution is 2.30. The van der Waals surface area contributed by atoms with E-state index in [4.69, 9.17) is 4.52 Å². The van der Waals surface area contributed by atoms with Gasteiger partial charge in [0.1, 0.15) is 11.6 Å². The summed E-state index contributed by atoms with van der Waals surface area (Å²) in [5.74, 6) is 0.565. The molecule has 0 amide bonds. The molecule has 0 saturated heterocycles. The number of nitrogens with zero attached hydrogens (tertiary/aromatic N) is 2. The van der Waals surface area contributed by atoms with Crippen LogP contribution < -0.4 is 0 Å². The van der Waals surface area contributed by atoms with E-state index in [9.17, 15) is 9.50 Å². The highest BCUT2D eigenvalue weighted by Gasteiger charge is 2.14. The minimum absolute atomic E-state index is 0.208. The van der Waals surface area contributed by atoms with Gasteiger partial charge in [-0.15, -0.1) is 0 Å². The molecule has 0 aliphatic rings. The van der Waals surface area contributed by atoms with Crippen molar-refractivity contribution in [3.8, 4) is 28.6 Å². The van der Waals surface area contributed by atoms with Crippen LogP contribution in [0.4, 0.5) is 4.39 Å². The molecule has 4 nitrogen and oxygen atoms in total. The second-order valence-corrected chi connectivity index (χ2v) is 5.40. The first-order valence-corrected chi connectivity index (χ1v) is 6.93. The summed E-state index contributed by atoms with van der Waals surface area (Å²) in [7, 11) is 0. The van der Waals surface area contributed by atoms with Gasteiger partial charge in [0.05, 0.1) is 0 Å². The van der Waals surface area contributed by atoms with Crippen LogP contribution in [0.25, 0.3) is 22.8 Å². The van der Waals surface area contributed by atoms with E-state index < -0.39 is 0 Å². The molecule has 0 aliphatic carbocycles. The summed E-state index contributed by atoms with van der Waals surface area (Å²) < 4.78 is 18.9. The minimum atomic E-state index is -0.344. The fraction of sp³-hybridized carbons (Fsp3) is 0.0667. The Balaban J connectivity index is 2.01. The third-order valence-electron chi connectivity index (χ3n) is 3.04. The van der Waals surface area contributed by atoms with Crippen LogP contribution in [0.2, 0.25) is 0 Å². The minimum Gasteiger partial charge on any atom is -0.508 e. The van der Waals surface area contributed by atoms with Crippen molar-refractivity contribution in [3.63, 3.8) is 0 Å². The molecule has 3 aromatic rings. The second kappa shape index (κ2) is 5.29. The van der Waals surface area contributed by atoms with Gasteiger partial charge in [-0.25, -0.2) is 4.39 Å². The maximum absolute atomic E-state index is 13.1. The number of aromatic hydroxyl groups is 1. The highest BCUT2D eigenvalue weighted by atomic mass is 79.9. The molecule has 0 bridgehead atoms. The van der Waals surface area contributed by atoms with E-state index in [-0.39, 0.29) is 11.6 Å². The Kier molecular flexibility index (Phi) is 3.47. The molecular formula is C15H10BrFN2O2. The fourth-order valence-corrected chi connectivity index (χ4v) is 2.44. The van der Waals surface area contributed by atoms with E-state index in [0.29, 0.717) is 27.3 Å². The lowest BCUT2D eigenvalue weighted by molar-refractivity contribution is 0.432. The molecule has 0 fully saturated rings. The largest absolute Gasteiger partial charge is 0.508 e. The Labute approximate surface area is 128 Å². The van der Waals surface area contributed by atoms with Gasteiger partial charge in [-0.3, -0.25) is 0 Å². The molecule has 0 saturated carbocycles. The Morgan fingerprint density at radius 1 is 1.19 bits per heavy atom. The number of benzene rings is 2. The van der Waals surface area contributed by atoms with Crippen LogP contribution in [0.3, 0.4) is 0 Å². The van der Waals surface area contributed by atoms with Gasteiger partial charge in [0.2, 0.25) is 5.82 Å². The van der Waals surface area contributed by atoms with Crippen molar-refractivity contribution in [3.05, 3.63) is 52.3 Å². The van der Waals surface area contributed by atoms with Gasteiger partial charge >= 0.3 is 0 Å². The first kappa shape index (κ1) is 13.8. The number of aryl methyl sites for hydroxylation is 1. The first-order chi connectivity index (χ1) is 10.0. The van der Waals surface area contributed by atoms with Crippen molar-refractivity contribution in [1.29, 1.82) is 0 Å². The predicted octanol–water partition coefficient (Wildman–Crippen LogP) is 4.32. The third-order valence-corrected chi connectivity index (χ3v) is 3.70. The van der Waals surface area contributed by atoms with Crippen molar-refractivity contribution in [2.75, 3.05) is 0 Å². The lowest BCUT2D eigenvalue weighted by Crippen LogP contribution is -1.85. The van der Waals surface area contributed by atoms with Crippen LogP contribution in [-0.4, -0.2) is 15.2 Å². The summed E-state index contributed by atoms with van der Waals surface area (Å²) >= 11 is 3.28. The van der Waals surface area contributed by atoms with E-state index >= 15 is 0 Å². The molecule has 0 unspecified atom stereocenters. The Bertz CT molecular complexity index is 817. The summed E-state index contributed by atoms with van der Waals surface area (Å²) in [5, 5.41) is 13.4. The molecule has 6 heteroatoms. The second-order valence-electron chi connectivity index (χ2n) is 4.55. The van der Waals surface area contributed by atoms with Crippen LogP contribution in [0.1, 0.15) is 5.56 Å². The van der Waals surface area contributed by atoms with Gasteiger partial charge in [0, 0.05) is 15.6 Å². The van der Waals surface area contributed by atoms with Crippen LogP contribution in [0.15, 0.2) is 45.4 Å². The van der Waals surface area contributed by atoms with E-state index in [1.807, 2.05) is 0 Å². The monoisotopic (exact) mass is 348 g/mol. The third kappa shape index (κ3) is 2.67. The Hall–Kier alpha value is -2.21. The number of halogens is 2. The molecular weight excluding hydrogens is 339 g/mol. The molecule has 2 aromatic carbocycles. The van der Waals surface area contributed by atoms with Crippen molar-refractivity contribution in [2.45, 2.75) is 6.92 Å². The average Bonchev–Trinajstić information content (AvgIpc) is 2.91. The van der Waals surface area contributed by atoms with E-state index in [1.165, 1.54) is 12.1 Å². The van der Waals surface area contributed by atoms with Gasteiger partial charge in [-0.2, -0.15) is 4.98 Å². The zero-order valence-electron chi connectivity index (χ0n) is 11.0. The summed E-state index contributed by atoms with van der Waals surface area (Å²) in [6, 6.07) is 9.28. The summed E-state index contributed by atoms with van der Waals surface area (Å²) in [4.78, 5) is 4.30. The number of aromatic nitrogens is 2. The summed E-state index contributed by atoms with van der Waals surface area (Å²) in [5.41, 5.74) is 2.07. The molecule has 3 rings (SSSR count). The van der Waals surface area contributed by atoms with Crippen molar-refractivity contribution < 1.29 is 14.0 Å². The number of hydrogen-bond acceptors (Lipinski definition) is 4. The van der Waals surface area contributed by atoms with Crippen molar-refractivity contribution in [2.24, 2.45) is 0 Å². The van der Waals surface area contributed by atoms with Crippen LogP contribution >= 0.6 is 15.9 Å². The molecule has 1 heterocycles. The predicted molar refractivity (Wildman–Crippen MR) is 79.2 cm³/mol. The zero-order valence-corrected chi connectivity index (χ0v) is 12.6. The Morgan fingerprint density at radius 2 is 2.00 bits per heavy atom. The Morgan fingerprint density at radius 3 is 2.71 bits per heavy atom. The summed E-state index contributed by atoms with van der Waals surface area (Å²) in [6.45, 7) is 1.78. The number of hydrogen-bond donors (Lipinski definition) is 1. The van der Waals surface area contributed by atoms with E-state index in [2.05, 4.69) is 26.1 Å². The zero-order chi connectivity index (χ0) is 15.0. The molecule has 21 heavy (non-hydrogen) atoms. The number of phenols is 1. The fourth-order valence-electron chi connectivity index (χ4n) is 1.91. The molecule has 106 valence electrons. The number of rotatable bonds is 2. The van der Waals surface area contributed by atoms with Crippen LogP contribution in [0.5, 0.6) is 5.75 Å². The van der Waals surface area contributed by atoms with Gasteiger partial charge < -0.3 is 9.63 Å². The maximum atomic E-state index is 13.1. The molecule has 0 radical (unpaired) electrons. The van der Waals surface area contributed by atoms with E-state index in [0.717, 1.165) is 5.56 Å². The van der Waals surface area contributed by atoms with Gasteiger partial charge in [0.15, 0.2) is 0 Å². The maximum Gasteiger partial charge on any atom is 0.258 e. The topological polar surface area (TPSA) is 59.2 Å². The first-order valence-electron chi connectivity index (χ1n) is 6.14. The average molecular weight is 349 g/mol. The molecule has 0 aliphatic heterocycles. The SMILES string of the molecule is Cc1cc(-c2nc(-c3ccc(F)cc3Br)no2)ccc1O. The molecule has 1 N–H and O–H groups in total.